The summed E-state index contributed by atoms with van der Waals surface area (Å²) >= 11 is 0. The number of phenolic OH excluding ortho intramolecular Hbond substituents is 1. The molecule has 6 nitrogen and oxygen atoms in total. The Morgan fingerprint density at radius 2 is 2.19 bits per heavy atom. The number of carbonyl (C=O) groups is 1. The van der Waals surface area contributed by atoms with E-state index >= 15 is 0 Å². The molecule has 0 saturated heterocycles. The number of aromatic amines is 1. The van der Waals surface area contributed by atoms with Gasteiger partial charge in [0.25, 0.3) is 5.91 Å². The third-order valence-electron chi connectivity index (χ3n) is 3.64. The van der Waals surface area contributed by atoms with Crippen LogP contribution in [-0.4, -0.2) is 26.9 Å². The second-order valence-electron chi connectivity index (χ2n) is 5.04. The lowest BCUT2D eigenvalue weighted by Gasteiger charge is -2.04. The van der Waals surface area contributed by atoms with E-state index in [2.05, 4.69) is 20.7 Å². The first-order valence-corrected chi connectivity index (χ1v) is 6.86. The molecule has 0 saturated carbocycles. The summed E-state index contributed by atoms with van der Waals surface area (Å²) in [5.74, 6) is -0.196. The molecule has 3 N–H and O–H groups in total. The molecule has 21 heavy (non-hydrogen) atoms. The maximum absolute atomic E-state index is 12.1. The van der Waals surface area contributed by atoms with Gasteiger partial charge >= 0.3 is 0 Å². The normalized spacial score (nSPS) is 14.0. The number of rotatable bonds is 3. The third kappa shape index (κ3) is 2.52. The van der Waals surface area contributed by atoms with Gasteiger partial charge in [-0.25, -0.2) is 5.43 Å². The molecule has 0 atom stereocenters. The Kier molecular flexibility index (Phi) is 3.43. The minimum Gasteiger partial charge on any atom is -0.507 e. The van der Waals surface area contributed by atoms with E-state index in [0.717, 1.165) is 30.5 Å². The van der Waals surface area contributed by atoms with Gasteiger partial charge in [-0.3, -0.25) is 9.89 Å². The number of aromatic hydroxyl groups is 1. The van der Waals surface area contributed by atoms with E-state index in [9.17, 15) is 9.90 Å². The molecule has 1 aliphatic carbocycles. The van der Waals surface area contributed by atoms with Gasteiger partial charge in [0.2, 0.25) is 0 Å². The molecule has 1 amide bonds. The van der Waals surface area contributed by atoms with Gasteiger partial charge in [0.1, 0.15) is 5.75 Å². The molecule has 0 spiro atoms. The Morgan fingerprint density at radius 1 is 1.38 bits per heavy atom. The number of carbonyl (C=O) groups excluding carboxylic acids is 1. The molecule has 1 aliphatic rings. The number of aryl methyl sites for hydroxylation is 1. The number of para-hydroxylation sites is 1. The number of nitrogens with one attached hydrogen (secondary N) is 2. The molecular weight excluding hydrogens is 268 g/mol. The number of nitrogens with zero attached hydrogens (tertiary/aromatic N) is 2. The molecule has 1 aromatic heterocycles. The summed E-state index contributed by atoms with van der Waals surface area (Å²) in [7, 11) is 0. The molecule has 3 rings (SSSR count). The topological polar surface area (TPSA) is 90.4 Å². The van der Waals surface area contributed by atoms with Crippen molar-refractivity contribution in [1.82, 2.24) is 15.6 Å². The molecule has 6 heteroatoms. The minimum absolute atomic E-state index is 0.133. The van der Waals surface area contributed by atoms with E-state index in [-0.39, 0.29) is 11.7 Å². The van der Waals surface area contributed by atoms with Crippen LogP contribution in [-0.2, 0) is 12.8 Å². The predicted octanol–water partition coefficient (Wildman–Crippen LogP) is 1.76. The number of hydrogen-bond acceptors (Lipinski definition) is 4. The smallest absolute Gasteiger partial charge is 0.292 e. The van der Waals surface area contributed by atoms with Crippen molar-refractivity contribution >= 4 is 11.6 Å². The summed E-state index contributed by atoms with van der Waals surface area (Å²) in [4.78, 5) is 12.1. The lowest BCUT2D eigenvalue weighted by Crippen LogP contribution is -2.21. The zero-order valence-electron chi connectivity index (χ0n) is 11.7. The Hall–Kier alpha value is -2.63. The van der Waals surface area contributed by atoms with E-state index < -0.39 is 0 Å². The lowest BCUT2D eigenvalue weighted by molar-refractivity contribution is 0.0949. The van der Waals surface area contributed by atoms with E-state index in [1.165, 1.54) is 0 Å². The Bertz CT molecular complexity index is 718. The van der Waals surface area contributed by atoms with E-state index in [1.807, 2.05) is 0 Å². The standard InChI is InChI=1S/C15H16N4O2/c1-9(10-5-2-3-8-13(10)20)16-19-15(21)14-11-6-4-7-12(11)17-18-14/h2-3,5,8,20H,4,6-7H2,1H3,(H,17,18)(H,19,21)/b16-9-. The summed E-state index contributed by atoms with van der Waals surface area (Å²) in [5.41, 5.74) is 6.06. The van der Waals surface area contributed by atoms with Gasteiger partial charge in [0, 0.05) is 16.8 Å². The van der Waals surface area contributed by atoms with Crippen LogP contribution in [0.1, 0.15) is 40.7 Å². The van der Waals surface area contributed by atoms with Gasteiger partial charge in [0.05, 0.1) is 5.71 Å². The highest BCUT2D eigenvalue weighted by molar-refractivity contribution is 6.02. The van der Waals surface area contributed by atoms with Crippen LogP contribution < -0.4 is 5.43 Å². The SMILES string of the molecule is C/C(=N/NC(=O)c1n[nH]c2c1CCC2)c1ccccc1O. The highest BCUT2D eigenvalue weighted by Gasteiger charge is 2.22. The first kappa shape index (κ1) is 13.4. The molecule has 1 aromatic carbocycles. The monoisotopic (exact) mass is 284 g/mol. The zero-order chi connectivity index (χ0) is 14.8. The van der Waals surface area contributed by atoms with Crippen molar-refractivity contribution in [2.45, 2.75) is 26.2 Å². The van der Waals surface area contributed by atoms with Crippen molar-refractivity contribution in [3.8, 4) is 5.75 Å². The maximum atomic E-state index is 12.1. The summed E-state index contributed by atoms with van der Waals surface area (Å²) in [5, 5.41) is 20.7. The summed E-state index contributed by atoms with van der Waals surface area (Å²) in [6, 6.07) is 6.86. The van der Waals surface area contributed by atoms with Crippen LogP contribution in [0, 0.1) is 0 Å². The Morgan fingerprint density at radius 3 is 3.00 bits per heavy atom. The number of H-pyrrole nitrogens is 1. The van der Waals surface area contributed by atoms with Crippen molar-refractivity contribution in [3.63, 3.8) is 0 Å². The van der Waals surface area contributed by atoms with Crippen LogP contribution in [0.2, 0.25) is 0 Å². The second kappa shape index (κ2) is 5.40. The number of phenols is 1. The van der Waals surface area contributed by atoms with E-state index in [1.54, 1.807) is 31.2 Å². The number of benzene rings is 1. The highest BCUT2D eigenvalue weighted by Crippen LogP contribution is 2.22. The van der Waals surface area contributed by atoms with Crippen LogP contribution in [0.15, 0.2) is 29.4 Å². The van der Waals surface area contributed by atoms with Gasteiger partial charge in [-0.05, 0) is 38.3 Å². The molecule has 2 aromatic rings. The van der Waals surface area contributed by atoms with Crippen LogP contribution in [0.4, 0.5) is 0 Å². The molecule has 0 bridgehead atoms. The van der Waals surface area contributed by atoms with Crippen molar-refractivity contribution in [2.75, 3.05) is 0 Å². The zero-order valence-corrected chi connectivity index (χ0v) is 11.7. The summed E-state index contributed by atoms with van der Waals surface area (Å²) in [6.45, 7) is 1.73. The van der Waals surface area contributed by atoms with Gasteiger partial charge in [-0.2, -0.15) is 10.2 Å². The quantitative estimate of drug-likeness (QED) is 0.592. The van der Waals surface area contributed by atoms with Gasteiger partial charge in [0.15, 0.2) is 5.69 Å². The number of hydrogen-bond donors (Lipinski definition) is 3. The Balaban J connectivity index is 1.76. The number of hydrazone groups is 1. The molecule has 108 valence electrons. The summed E-state index contributed by atoms with van der Waals surface area (Å²) < 4.78 is 0. The first-order valence-electron chi connectivity index (χ1n) is 6.86. The van der Waals surface area contributed by atoms with E-state index in [4.69, 9.17) is 0 Å². The van der Waals surface area contributed by atoms with Crippen molar-refractivity contribution in [3.05, 3.63) is 46.8 Å². The van der Waals surface area contributed by atoms with Gasteiger partial charge in [-0.1, -0.05) is 12.1 Å². The summed E-state index contributed by atoms with van der Waals surface area (Å²) in [6.07, 6.45) is 2.86. The molecule has 0 unspecified atom stereocenters. The minimum atomic E-state index is -0.329. The average Bonchev–Trinajstić information content (AvgIpc) is 3.07. The second-order valence-corrected chi connectivity index (χ2v) is 5.04. The number of aromatic nitrogens is 2. The van der Waals surface area contributed by atoms with Crippen LogP contribution in [0.5, 0.6) is 5.75 Å². The molecule has 0 radical (unpaired) electrons. The maximum Gasteiger partial charge on any atom is 0.292 e. The fraction of sp³-hybridized carbons (Fsp3) is 0.267. The molecular formula is C15H16N4O2. The van der Waals surface area contributed by atoms with Crippen molar-refractivity contribution in [2.24, 2.45) is 5.10 Å². The largest absolute Gasteiger partial charge is 0.507 e. The lowest BCUT2D eigenvalue weighted by atomic mass is 10.1. The fourth-order valence-corrected chi connectivity index (χ4v) is 2.53. The predicted molar refractivity (Wildman–Crippen MR) is 78.4 cm³/mol. The van der Waals surface area contributed by atoms with Crippen LogP contribution in [0.3, 0.4) is 0 Å². The first-order chi connectivity index (χ1) is 10.2. The molecule has 0 aliphatic heterocycles. The van der Waals surface area contributed by atoms with Crippen molar-refractivity contribution < 1.29 is 9.90 Å². The number of fused-ring (bicyclic) bond motifs is 1. The van der Waals surface area contributed by atoms with Crippen molar-refractivity contribution in [1.29, 1.82) is 0 Å². The molecule has 1 heterocycles. The third-order valence-corrected chi connectivity index (χ3v) is 3.64. The Labute approximate surface area is 121 Å². The average molecular weight is 284 g/mol. The van der Waals surface area contributed by atoms with Crippen LogP contribution >= 0.6 is 0 Å². The fourth-order valence-electron chi connectivity index (χ4n) is 2.53. The van der Waals surface area contributed by atoms with Crippen LogP contribution in [0.25, 0.3) is 0 Å². The highest BCUT2D eigenvalue weighted by atomic mass is 16.3. The van der Waals surface area contributed by atoms with E-state index in [0.29, 0.717) is 17.0 Å². The van der Waals surface area contributed by atoms with Gasteiger partial charge < -0.3 is 5.11 Å². The number of amides is 1. The molecule has 0 fully saturated rings. The van der Waals surface area contributed by atoms with Gasteiger partial charge in [-0.15, -0.1) is 0 Å².